The highest BCUT2D eigenvalue weighted by molar-refractivity contribution is 5.90. The van der Waals surface area contributed by atoms with Gasteiger partial charge in [-0.1, -0.05) is 19.3 Å². The molecule has 1 aromatic rings. The Morgan fingerprint density at radius 2 is 1.88 bits per heavy atom. The molecule has 3 fully saturated rings. The molecule has 0 radical (unpaired) electrons. The molecule has 0 spiro atoms. The van der Waals surface area contributed by atoms with Crippen LogP contribution in [0.5, 0.6) is 0 Å². The third-order valence-electron chi connectivity index (χ3n) is 6.38. The molecule has 1 aliphatic carbocycles. The molecule has 0 aromatic carbocycles. The van der Waals surface area contributed by atoms with Gasteiger partial charge in [0.15, 0.2) is 0 Å². The van der Waals surface area contributed by atoms with Crippen molar-refractivity contribution in [2.24, 2.45) is 13.0 Å². The summed E-state index contributed by atoms with van der Waals surface area (Å²) in [6, 6.07) is 0.0546. The average Bonchev–Trinajstić information content (AvgIpc) is 3.38. The highest BCUT2D eigenvalue weighted by atomic mass is 16.2. The van der Waals surface area contributed by atoms with Crippen LogP contribution in [0, 0.1) is 5.92 Å². The maximum absolute atomic E-state index is 12.8. The number of rotatable bonds is 4. The van der Waals surface area contributed by atoms with Gasteiger partial charge in [0.25, 0.3) is 0 Å². The molecule has 1 N–H and O–H groups in total. The summed E-state index contributed by atoms with van der Waals surface area (Å²) in [6.45, 7) is 5.40. The maximum Gasteiger partial charge on any atom is 0.321 e. The number of aryl methyl sites for hydroxylation is 1. The van der Waals surface area contributed by atoms with Crippen molar-refractivity contribution in [2.45, 2.75) is 57.3 Å². The maximum atomic E-state index is 12.8. The molecule has 2 amide bonds. The first-order valence-electron chi connectivity index (χ1n) is 10.5. The highest BCUT2D eigenvalue weighted by Crippen LogP contribution is 2.35. The van der Waals surface area contributed by atoms with Gasteiger partial charge < -0.3 is 15.1 Å². The van der Waals surface area contributed by atoms with Gasteiger partial charge in [-0.2, -0.15) is 5.10 Å². The Labute approximate surface area is 156 Å². The summed E-state index contributed by atoms with van der Waals surface area (Å²) in [5, 5.41) is 7.85. The number of nitrogens with zero attached hydrogens (tertiary/aromatic N) is 4. The number of urea groups is 1. The van der Waals surface area contributed by atoms with Crippen LogP contribution >= 0.6 is 0 Å². The largest absolute Gasteiger partial charge is 0.324 e. The summed E-state index contributed by atoms with van der Waals surface area (Å²) in [7, 11) is 1.95. The van der Waals surface area contributed by atoms with Gasteiger partial charge in [-0.3, -0.25) is 4.68 Å². The summed E-state index contributed by atoms with van der Waals surface area (Å²) >= 11 is 0. The van der Waals surface area contributed by atoms with Gasteiger partial charge in [-0.15, -0.1) is 0 Å². The first kappa shape index (κ1) is 17.8. The fourth-order valence-corrected chi connectivity index (χ4v) is 4.97. The molecule has 6 heteroatoms. The first-order valence-corrected chi connectivity index (χ1v) is 10.5. The quantitative estimate of drug-likeness (QED) is 0.896. The minimum absolute atomic E-state index is 0.0546. The number of aromatic nitrogens is 2. The van der Waals surface area contributed by atoms with Crippen LogP contribution in [0.4, 0.5) is 10.5 Å². The monoisotopic (exact) mass is 359 g/mol. The van der Waals surface area contributed by atoms with Crippen molar-refractivity contribution < 1.29 is 4.79 Å². The Hall–Kier alpha value is -1.56. The lowest BCUT2D eigenvalue weighted by atomic mass is 9.86. The zero-order valence-electron chi connectivity index (χ0n) is 16.1. The van der Waals surface area contributed by atoms with Crippen molar-refractivity contribution in [3.63, 3.8) is 0 Å². The van der Waals surface area contributed by atoms with Crippen molar-refractivity contribution in [3.05, 3.63) is 11.9 Å². The van der Waals surface area contributed by atoms with E-state index in [0.717, 1.165) is 37.4 Å². The van der Waals surface area contributed by atoms with E-state index in [0.29, 0.717) is 11.8 Å². The second kappa shape index (κ2) is 7.99. The van der Waals surface area contributed by atoms with Crippen molar-refractivity contribution in [2.75, 3.05) is 38.0 Å². The van der Waals surface area contributed by atoms with Gasteiger partial charge in [0.1, 0.15) is 0 Å². The van der Waals surface area contributed by atoms with Gasteiger partial charge in [0.2, 0.25) is 0 Å². The van der Waals surface area contributed by atoms with E-state index in [9.17, 15) is 4.79 Å². The molecule has 1 atom stereocenters. The van der Waals surface area contributed by atoms with Gasteiger partial charge in [0.05, 0.1) is 11.4 Å². The van der Waals surface area contributed by atoms with E-state index in [2.05, 4.69) is 15.3 Å². The normalized spacial score (nSPS) is 25.1. The first-order chi connectivity index (χ1) is 12.7. The number of carbonyl (C=O) groups excluding carboxylic acids is 1. The molecule has 26 heavy (non-hydrogen) atoms. The Morgan fingerprint density at radius 3 is 2.65 bits per heavy atom. The molecule has 0 bridgehead atoms. The predicted octanol–water partition coefficient (Wildman–Crippen LogP) is 3.42. The third-order valence-corrected chi connectivity index (χ3v) is 6.38. The standard InChI is InChI=1S/C20H33N5O/c1-23-15-18(19(22-23)17-7-3-2-4-8-17)21-20(26)25-12-9-16(14-25)13-24-10-5-6-11-24/h15-17H,2-14H2,1H3,(H,21,26). The van der Waals surface area contributed by atoms with E-state index < -0.39 is 0 Å². The van der Waals surface area contributed by atoms with Crippen LogP contribution in [0.2, 0.25) is 0 Å². The van der Waals surface area contributed by atoms with E-state index in [4.69, 9.17) is 0 Å². The molecular weight excluding hydrogens is 326 g/mol. The van der Waals surface area contributed by atoms with Crippen LogP contribution in [0.3, 0.4) is 0 Å². The van der Waals surface area contributed by atoms with Crippen LogP contribution in [0.25, 0.3) is 0 Å². The summed E-state index contributed by atoms with van der Waals surface area (Å²) in [5.74, 6) is 1.13. The number of likely N-dealkylation sites (tertiary alicyclic amines) is 2. The van der Waals surface area contributed by atoms with Gasteiger partial charge in [-0.25, -0.2) is 4.79 Å². The molecule has 3 heterocycles. The number of hydrogen-bond acceptors (Lipinski definition) is 3. The minimum atomic E-state index is 0.0546. The summed E-state index contributed by atoms with van der Waals surface area (Å²) in [4.78, 5) is 17.4. The van der Waals surface area contributed by atoms with Crippen molar-refractivity contribution in [3.8, 4) is 0 Å². The molecule has 144 valence electrons. The zero-order valence-corrected chi connectivity index (χ0v) is 16.1. The SMILES string of the molecule is Cn1cc(NC(=O)N2CCC(CN3CCCC3)C2)c(C2CCCCC2)n1. The van der Waals surface area contributed by atoms with Crippen LogP contribution in [0.15, 0.2) is 6.20 Å². The predicted molar refractivity (Wildman–Crippen MR) is 103 cm³/mol. The molecular formula is C20H33N5O. The minimum Gasteiger partial charge on any atom is -0.324 e. The molecule has 2 saturated heterocycles. The summed E-state index contributed by atoms with van der Waals surface area (Å²) in [5.41, 5.74) is 2.01. The average molecular weight is 360 g/mol. The molecule has 1 aromatic heterocycles. The molecule has 1 saturated carbocycles. The van der Waals surface area contributed by atoms with E-state index in [-0.39, 0.29) is 6.03 Å². The van der Waals surface area contributed by atoms with E-state index >= 15 is 0 Å². The smallest absolute Gasteiger partial charge is 0.321 e. The van der Waals surface area contributed by atoms with E-state index in [1.54, 1.807) is 0 Å². The van der Waals surface area contributed by atoms with Crippen molar-refractivity contribution in [1.82, 2.24) is 19.6 Å². The second-order valence-corrected chi connectivity index (χ2v) is 8.48. The molecule has 6 nitrogen and oxygen atoms in total. The lowest BCUT2D eigenvalue weighted by Gasteiger charge is -2.23. The Balaban J connectivity index is 1.34. The van der Waals surface area contributed by atoms with Crippen molar-refractivity contribution in [1.29, 1.82) is 0 Å². The number of anilines is 1. The van der Waals surface area contributed by atoms with Crippen molar-refractivity contribution >= 4 is 11.7 Å². The fourth-order valence-electron chi connectivity index (χ4n) is 4.97. The van der Waals surface area contributed by atoms with E-state index in [1.165, 1.54) is 58.0 Å². The molecule has 4 rings (SSSR count). The van der Waals surface area contributed by atoms with E-state index in [1.807, 2.05) is 22.8 Å². The van der Waals surface area contributed by atoms with Crippen LogP contribution in [0.1, 0.15) is 63.0 Å². The Morgan fingerprint density at radius 1 is 1.12 bits per heavy atom. The van der Waals surface area contributed by atoms with Gasteiger partial charge >= 0.3 is 6.03 Å². The Kier molecular flexibility index (Phi) is 5.48. The number of nitrogens with one attached hydrogen (secondary N) is 1. The van der Waals surface area contributed by atoms with Crippen LogP contribution in [-0.2, 0) is 7.05 Å². The lowest BCUT2D eigenvalue weighted by molar-refractivity contribution is 0.217. The third kappa shape index (κ3) is 4.05. The van der Waals surface area contributed by atoms with Gasteiger partial charge in [-0.05, 0) is 51.1 Å². The number of carbonyl (C=O) groups is 1. The molecule has 3 aliphatic rings. The van der Waals surface area contributed by atoms with Crippen LogP contribution < -0.4 is 5.32 Å². The number of hydrogen-bond donors (Lipinski definition) is 1. The van der Waals surface area contributed by atoms with Crippen LogP contribution in [-0.4, -0.2) is 58.3 Å². The highest BCUT2D eigenvalue weighted by Gasteiger charge is 2.30. The fraction of sp³-hybridized carbons (Fsp3) is 0.800. The topological polar surface area (TPSA) is 53.4 Å². The summed E-state index contributed by atoms with van der Waals surface area (Å²) in [6.07, 6.45) is 12.0. The summed E-state index contributed by atoms with van der Waals surface area (Å²) < 4.78 is 1.85. The number of amides is 2. The zero-order chi connectivity index (χ0) is 17.9. The second-order valence-electron chi connectivity index (χ2n) is 8.48. The Bertz CT molecular complexity index is 616. The van der Waals surface area contributed by atoms with Gasteiger partial charge in [0, 0.05) is 38.8 Å². The molecule has 1 unspecified atom stereocenters. The molecule has 2 aliphatic heterocycles. The lowest BCUT2D eigenvalue weighted by Crippen LogP contribution is -2.35.